The van der Waals surface area contributed by atoms with Crippen molar-refractivity contribution in [3.63, 3.8) is 0 Å². The number of benzene rings is 1. The molecule has 0 amide bonds. The molecule has 0 saturated carbocycles. The van der Waals surface area contributed by atoms with Crippen LogP contribution in [0.2, 0.25) is 5.02 Å². The van der Waals surface area contributed by atoms with Gasteiger partial charge in [0.05, 0.1) is 0 Å². The fourth-order valence-electron chi connectivity index (χ4n) is 1.56. The first-order valence-corrected chi connectivity index (χ1v) is 6.91. The Morgan fingerprint density at radius 2 is 2.26 bits per heavy atom. The van der Waals surface area contributed by atoms with Crippen LogP contribution in [0.1, 0.15) is 16.3 Å². The number of aromatic nitrogens is 1. The van der Waals surface area contributed by atoms with Gasteiger partial charge in [0, 0.05) is 28.0 Å². The molecule has 0 aliphatic heterocycles. The Hall–Kier alpha value is -1.83. The lowest BCUT2D eigenvalue weighted by molar-refractivity contribution is 1.24. The summed E-state index contributed by atoms with van der Waals surface area (Å²) in [6, 6.07) is 7.72. The second-order valence-corrected chi connectivity index (χ2v) is 5.36. The monoisotopic (exact) mass is 289 g/mol. The van der Waals surface area contributed by atoms with Crippen LogP contribution in [0.15, 0.2) is 29.8 Å². The van der Waals surface area contributed by atoms with Gasteiger partial charge in [0.15, 0.2) is 0 Å². The number of nitrogens with zero attached hydrogens (tertiary/aromatic N) is 2. The fraction of sp³-hybridized carbons (Fsp3) is 0.143. The van der Waals surface area contributed by atoms with Crippen LogP contribution < -0.4 is 5.32 Å². The van der Waals surface area contributed by atoms with E-state index in [4.69, 9.17) is 16.9 Å². The second kappa shape index (κ2) is 5.87. The Kier molecular flexibility index (Phi) is 4.20. The van der Waals surface area contributed by atoms with Gasteiger partial charge in [-0.15, -0.1) is 11.3 Å². The van der Waals surface area contributed by atoms with Gasteiger partial charge in [-0.3, -0.25) is 0 Å². The largest absolute Gasteiger partial charge is 0.360 e. The number of rotatable bonds is 3. The van der Waals surface area contributed by atoms with E-state index in [1.807, 2.05) is 37.4 Å². The smallest absolute Gasteiger partial charge is 0.135 e. The topological polar surface area (TPSA) is 48.7 Å². The molecule has 5 heteroatoms. The van der Waals surface area contributed by atoms with Crippen molar-refractivity contribution in [2.75, 3.05) is 5.32 Å². The molecule has 19 heavy (non-hydrogen) atoms. The van der Waals surface area contributed by atoms with Gasteiger partial charge in [-0.05, 0) is 37.6 Å². The van der Waals surface area contributed by atoms with Crippen molar-refractivity contribution in [2.24, 2.45) is 0 Å². The van der Waals surface area contributed by atoms with E-state index in [0.717, 1.165) is 22.0 Å². The summed E-state index contributed by atoms with van der Waals surface area (Å²) >= 11 is 7.36. The van der Waals surface area contributed by atoms with Crippen LogP contribution in [-0.2, 0) is 0 Å². The Morgan fingerprint density at radius 3 is 2.84 bits per heavy atom. The molecular weight excluding hydrogens is 278 g/mol. The summed E-state index contributed by atoms with van der Waals surface area (Å²) in [5, 5.41) is 15.6. The van der Waals surface area contributed by atoms with Crippen LogP contribution in [0.25, 0.3) is 5.57 Å². The maximum Gasteiger partial charge on any atom is 0.135 e. The molecule has 0 saturated heterocycles. The van der Waals surface area contributed by atoms with E-state index >= 15 is 0 Å². The summed E-state index contributed by atoms with van der Waals surface area (Å²) in [7, 11) is 0. The molecule has 1 aromatic carbocycles. The predicted octanol–water partition coefficient (Wildman–Crippen LogP) is 4.39. The summed E-state index contributed by atoms with van der Waals surface area (Å²) in [6.45, 7) is 3.87. The van der Waals surface area contributed by atoms with Crippen molar-refractivity contribution in [2.45, 2.75) is 13.8 Å². The van der Waals surface area contributed by atoms with Gasteiger partial charge >= 0.3 is 0 Å². The molecule has 3 nitrogen and oxygen atoms in total. The molecule has 0 bridgehead atoms. The third-order valence-corrected chi connectivity index (χ3v) is 3.76. The molecule has 0 unspecified atom stereocenters. The normalized spacial score (nSPS) is 11.2. The van der Waals surface area contributed by atoms with Crippen LogP contribution >= 0.6 is 22.9 Å². The van der Waals surface area contributed by atoms with Crippen molar-refractivity contribution in [3.8, 4) is 6.07 Å². The van der Waals surface area contributed by atoms with Crippen molar-refractivity contribution >= 4 is 34.2 Å². The van der Waals surface area contributed by atoms with Gasteiger partial charge in [0.2, 0.25) is 0 Å². The minimum atomic E-state index is 0.521. The van der Waals surface area contributed by atoms with Gasteiger partial charge < -0.3 is 5.32 Å². The lowest BCUT2D eigenvalue weighted by atomic mass is 10.2. The van der Waals surface area contributed by atoms with E-state index < -0.39 is 0 Å². The van der Waals surface area contributed by atoms with E-state index in [0.29, 0.717) is 10.6 Å². The van der Waals surface area contributed by atoms with E-state index in [1.165, 1.54) is 11.3 Å². The highest BCUT2D eigenvalue weighted by Crippen LogP contribution is 2.22. The summed E-state index contributed by atoms with van der Waals surface area (Å²) in [6.07, 6.45) is 1.68. The zero-order valence-electron chi connectivity index (χ0n) is 10.6. The molecule has 0 radical (unpaired) electrons. The molecule has 1 N–H and O–H groups in total. The molecule has 2 aromatic rings. The number of hydrogen-bond donors (Lipinski definition) is 1. The number of thiazole rings is 1. The first kappa shape index (κ1) is 13.6. The molecule has 0 fully saturated rings. The highest BCUT2D eigenvalue weighted by atomic mass is 35.5. The summed E-state index contributed by atoms with van der Waals surface area (Å²) in [4.78, 5) is 4.30. The Bertz CT molecular complexity index is 668. The number of nitriles is 1. The average molecular weight is 290 g/mol. The molecular formula is C14H12ClN3S. The van der Waals surface area contributed by atoms with Gasteiger partial charge in [-0.2, -0.15) is 5.26 Å². The molecule has 96 valence electrons. The lowest BCUT2D eigenvalue weighted by Gasteiger charge is -2.05. The number of halogens is 1. The summed E-state index contributed by atoms with van der Waals surface area (Å²) in [5.74, 6) is 0. The molecule has 0 aliphatic rings. The average Bonchev–Trinajstić information content (AvgIpc) is 2.79. The molecule has 1 aromatic heterocycles. The zero-order chi connectivity index (χ0) is 13.8. The van der Waals surface area contributed by atoms with Crippen molar-refractivity contribution in [3.05, 3.63) is 51.1 Å². The minimum absolute atomic E-state index is 0.521. The van der Waals surface area contributed by atoms with Crippen LogP contribution in [-0.4, -0.2) is 4.98 Å². The number of nitrogens with one attached hydrogen (secondary N) is 1. The van der Waals surface area contributed by atoms with Gasteiger partial charge in [-0.1, -0.05) is 11.6 Å². The fourth-order valence-corrected chi connectivity index (χ4v) is 2.55. The van der Waals surface area contributed by atoms with Gasteiger partial charge in [0.25, 0.3) is 0 Å². The number of anilines is 1. The van der Waals surface area contributed by atoms with Gasteiger partial charge in [-0.25, -0.2) is 4.98 Å². The SMILES string of the molecule is Cc1csc(/C(C#N)=C/Nc2ccc(Cl)cc2C)n1. The lowest BCUT2D eigenvalue weighted by Crippen LogP contribution is -1.93. The number of allylic oxidation sites excluding steroid dienone is 1. The van der Waals surface area contributed by atoms with E-state index in [2.05, 4.69) is 16.4 Å². The van der Waals surface area contributed by atoms with E-state index in [-0.39, 0.29) is 0 Å². The van der Waals surface area contributed by atoms with Crippen molar-refractivity contribution in [1.82, 2.24) is 4.98 Å². The predicted molar refractivity (Wildman–Crippen MR) is 80.3 cm³/mol. The third kappa shape index (κ3) is 3.34. The highest BCUT2D eigenvalue weighted by Gasteiger charge is 2.05. The van der Waals surface area contributed by atoms with Crippen molar-refractivity contribution in [1.29, 1.82) is 5.26 Å². The molecule has 0 aliphatic carbocycles. The highest BCUT2D eigenvalue weighted by molar-refractivity contribution is 7.10. The first-order valence-electron chi connectivity index (χ1n) is 5.65. The molecule has 0 atom stereocenters. The zero-order valence-corrected chi connectivity index (χ0v) is 12.1. The van der Waals surface area contributed by atoms with E-state index in [9.17, 15) is 0 Å². The molecule has 2 rings (SSSR count). The number of hydrogen-bond acceptors (Lipinski definition) is 4. The number of aryl methyl sites for hydroxylation is 2. The maximum absolute atomic E-state index is 9.17. The Labute approximate surface area is 121 Å². The third-order valence-electron chi connectivity index (χ3n) is 2.53. The van der Waals surface area contributed by atoms with Crippen LogP contribution in [0.4, 0.5) is 5.69 Å². The van der Waals surface area contributed by atoms with Crippen LogP contribution in [0, 0.1) is 25.2 Å². The Balaban J connectivity index is 2.23. The van der Waals surface area contributed by atoms with Gasteiger partial charge in [0.1, 0.15) is 16.6 Å². The molecule has 1 heterocycles. The minimum Gasteiger partial charge on any atom is -0.360 e. The second-order valence-electron chi connectivity index (χ2n) is 4.07. The summed E-state index contributed by atoms with van der Waals surface area (Å²) < 4.78 is 0. The van der Waals surface area contributed by atoms with E-state index in [1.54, 1.807) is 6.20 Å². The van der Waals surface area contributed by atoms with Crippen LogP contribution in [0.3, 0.4) is 0 Å². The van der Waals surface area contributed by atoms with Crippen LogP contribution in [0.5, 0.6) is 0 Å². The first-order chi connectivity index (χ1) is 9.10. The Morgan fingerprint density at radius 1 is 1.47 bits per heavy atom. The van der Waals surface area contributed by atoms with Crippen molar-refractivity contribution < 1.29 is 0 Å². The quantitative estimate of drug-likeness (QED) is 0.853. The summed E-state index contributed by atoms with van der Waals surface area (Å²) in [5.41, 5.74) is 3.39. The maximum atomic E-state index is 9.17. The molecule has 0 spiro atoms. The standard InChI is InChI=1S/C14H12ClN3S/c1-9-5-12(15)3-4-13(9)17-7-11(6-16)14-18-10(2)8-19-14/h3-5,7-8,17H,1-2H3/b11-7+.